The molecule has 2 unspecified atom stereocenters. The van der Waals surface area contributed by atoms with Crippen molar-refractivity contribution in [3.05, 3.63) is 0 Å². The number of hydrogen-bond donors (Lipinski definition) is 1. The van der Waals surface area contributed by atoms with Crippen LogP contribution in [0.1, 0.15) is 45.4 Å². The van der Waals surface area contributed by atoms with Crippen molar-refractivity contribution >= 4 is 45.7 Å². The second kappa shape index (κ2) is 5.35. The van der Waals surface area contributed by atoms with Gasteiger partial charge < -0.3 is 5.32 Å². The molecule has 0 spiro atoms. The first-order chi connectivity index (χ1) is 10.5. The fourth-order valence-electron chi connectivity index (χ4n) is 5.09. The van der Waals surface area contributed by atoms with Gasteiger partial charge in [0.25, 0.3) is 0 Å². The van der Waals surface area contributed by atoms with Crippen molar-refractivity contribution in [1.82, 2.24) is 10.2 Å². The van der Waals surface area contributed by atoms with E-state index in [9.17, 15) is 4.79 Å². The van der Waals surface area contributed by atoms with E-state index >= 15 is 0 Å². The number of aromatic nitrogens is 2. The first-order valence-electron chi connectivity index (χ1n) is 7.97. The summed E-state index contributed by atoms with van der Waals surface area (Å²) >= 11 is 9.92. The second-order valence-electron chi connectivity index (χ2n) is 7.15. The Hall–Kier alpha value is -0.330. The monoisotopic (exact) mass is 357 g/mol. The minimum absolute atomic E-state index is 0.121. The molecule has 0 aliphatic heterocycles. The molecule has 1 N–H and O–H groups in total. The van der Waals surface area contributed by atoms with E-state index in [-0.39, 0.29) is 16.2 Å². The fourth-order valence-corrected chi connectivity index (χ4v) is 7.42. The van der Waals surface area contributed by atoms with Gasteiger partial charge in [0, 0.05) is 4.87 Å². The molecule has 4 bridgehead atoms. The lowest BCUT2D eigenvalue weighted by Gasteiger charge is -2.59. The molecule has 4 saturated carbocycles. The average molecular weight is 358 g/mol. The van der Waals surface area contributed by atoms with Crippen LogP contribution in [0.25, 0.3) is 0 Å². The van der Waals surface area contributed by atoms with Gasteiger partial charge in [0.15, 0.2) is 4.34 Å². The molecule has 4 aliphatic carbocycles. The van der Waals surface area contributed by atoms with Crippen LogP contribution in [0.15, 0.2) is 4.34 Å². The van der Waals surface area contributed by atoms with E-state index < -0.39 is 0 Å². The Morgan fingerprint density at radius 1 is 1.36 bits per heavy atom. The number of carbonyl (C=O) groups excluding carboxylic acids is 1. The standard InChI is InChI=1S/C15H20ClN3OS2/c1-2-21-13-19-18-12(22-13)17-11(20)14-4-9-3-10(5-14)7-15(16,6-9)8-14/h9-10H,2-8H2,1H3,(H,17,18,20). The van der Waals surface area contributed by atoms with Crippen LogP contribution in [-0.4, -0.2) is 26.7 Å². The Balaban J connectivity index is 1.52. The molecule has 2 atom stereocenters. The van der Waals surface area contributed by atoms with E-state index in [4.69, 9.17) is 11.6 Å². The van der Waals surface area contributed by atoms with Crippen molar-refractivity contribution in [2.24, 2.45) is 17.3 Å². The van der Waals surface area contributed by atoms with Gasteiger partial charge in [-0.25, -0.2) is 0 Å². The van der Waals surface area contributed by atoms with E-state index in [1.165, 1.54) is 17.8 Å². The highest BCUT2D eigenvalue weighted by Gasteiger charge is 2.60. The Morgan fingerprint density at radius 2 is 2.09 bits per heavy atom. The predicted octanol–water partition coefficient (Wildman–Crippen LogP) is 4.17. The molecule has 0 radical (unpaired) electrons. The van der Waals surface area contributed by atoms with Crippen LogP contribution in [0.3, 0.4) is 0 Å². The van der Waals surface area contributed by atoms with Crippen molar-refractivity contribution in [2.75, 3.05) is 11.1 Å². The van der Waals surface area contributed by atoms with Crippen LogP contribution in [0.5, 0.6) is 0 Å². The van der Waals surface area contributed by atoms with Gasteiger partial charge in [-0.3, -0.25) is 4.79 Å². The number of nitrogens with zero attached hydrogens (tertiary/aromatic N) is 2. The summed E-state index contributed by atoms with van der Waals surface area (Å²) in [5, 5.41) is 11.9. The number of halogens is 1. The minimum Gasteiger partial charge on any atom is -0.300 e. The molecule has 0 aromatic carbocycles. The first-order valence-corrected chi connectivity index (χ1v) is 10.1. The van der Waals surface area contributed by atoms with Gasteiger partial charge >= 0.3 is 0 Å². The molecular weight excluding hydrogens is 338 g/mol. The summed E-state index contributed by atoms with van der Waals surface area (Å²) in [6.45, 7) is 2.08. The largest absolute Gasteiger partial charge is 0.300 e. The number of nitrogens with one attached hydrogen (secondary N) is 1. The van der Waals surface area contributed by atoms with E-state index in [0.717, 1.165) is 42.2 Å². The molecule has 7 heteroatoms. The highest BCUT2D eigenvalue weighted by molar-refractivity contribution is 8.01. The third kappa shape index (κ3) is 2.57. The summed E-state index contributed by atoms with van der Waals surface area (Å²) in [7, 11) is 0. The van der Waals surface area contributed by atoms with Gasteiger partial charge in [-0.2, -0.15) is 0 Å². The van der Waals surface area contributed by atoms with Gasteiger partial charge in [-0.15, -0.1) is 21.8 Å². The number of carbonyl (C=O) groups is 1. The van der Waals surface area contributed by atoms with Crippen LogP contribution < -0.4 is 5.32 Å². The number of anilines is 1. The molecule has 120 valence electrons. The van der Waals surface area contributed by atoms with Gasteiger partial charge in [-0.05, 0) is 56.1 Å². The second-order valence-corrected chi connectivity index (χ2v) is 10.4. The minimum atomic E-state index is -0.268. The predicted molar refractivity (Wildman–Crippen MR) is 90.6 cm³/mol. The van der Waals surface area contributed by atoms with Crippen molar-refractivity contribution in [2.45, 2.75) is 54.7 Å². The molecule has 0 saturated heterocycles. The van der Waals surface area contributed by atoms with E-state index in [1.54, 1.807) is 11.8 Å². The third-order valence-electron chi connectivity index (χ3n) is 5.37. The highest BCUT2D eigenvalue weighted by atomic mass is 35.5. The van der Waals surface area contributed by atoms with Crippen molar-refractivity contribution in [3.8, 4) is 0 Å². The van der Waals surface area contributed by atoms with E-state index in [1.807, 2.05) is 0 Å². The van der Waals surface area contributed by atoms with Crippen LogP contribution in [0.4, 0.5) is 5.13 Å². The number of hydrogen-bond acceptors (Lipinski definition) is 5. The normalized spacial score (nSPS) is 39.2. The third-order valence-corrected chi connectivity index (χ3v) is 7.66. The number of thioether (sulfide) groups is 1. The molecule has 4 fully saturated rings. The molecule has 22 heavy (non-hydrogen) atoms. The van der Waals surface area contributed by atoms with E-state index in [0.29, 0.717) is 17.0 Å². The SMILES string of the molecule is CCSc1nnc(NC(=O)C23CC4CC(CC(Cl)(C4)C2)C3)s1. The smallest absolute Gasteiger partial charge is 0.232 e. The zero-order chi connectivity index (χ0) is 15.4. The lowest BCUT2D eigenvalue weighted by molar-refractivity contribution is -0.138. The average Bonchev–Trinajstić information content (AvgIpc) is 2.83. The summed E-state index contributed by atoms with van der Waals surface area (Å²) in [5.74, 6) is 2.34. The van der Waals surface area contributed by atoms with Gasteiger partial charge in [0.1, 0.15) is 0 Å². The van der Waals surface area contributed by atoms with Gasteiger partial charge in [0.2, 0.25) is 11.0 Å². The summed E-state index contributed by atoms with van der Waals surface area (Å²) in [4.78, 5) is 12.8. The topological polar surface area (TPSA) is 54.9 Å². The fraction of sp³-hybridized carbons (Fsp3) is 0.800. The Kier molecular flexibility index (Phi) is 3.70. The molecule has 1 amide bonds. The summed E-state index contributed by atoms with van der Waals surface area (Å²) in [5.41, 5.74) is -0.268. The lowest BCUT2D eigenvalue weighted by atomic mass is 9.49. The van der Waals surface area contributed by atoms with Gasteiger partial charge in [0.05, 0.1) is 5.41 Å². The molecule has 4 aliphatic rings. The summed E-state index contributed by atoms with van der Waals surface area (Å²) < 4.78 is 0.914. The molecule has 5 rings (SSSR count). The van der Waals surface area contributed by atoms with Crippen LogP contribution in [0.2, 0.25) is 0 Å². The molecule has 1 heterocycles. The van der Waals surface area contributed by atoms with Gasteiger partial charge in [-0.1, -0.05) is 30.0 Å². The van der Waals surface area contributed by atoms with Crippen molar-refractivity contribution in [1.29, 1.82) is 0 Å². The summed E-state index contributed by atoms with van der Waals surface area (Å²) in [6.07, 6.45) is 6.28. The van der Waals surface area contributed by atoms with Crippen LogP contribution in [0, 0.1) is 17.3 Å². The maximum atomic E-state index is 12.9. The number of alkyl halides is 1. The van der Waals surface area contributed by atoms with E-state index in [2.05, 4.69) is 22.4 Å². The van der Waals surface area contributed by atoms with Crippen LogP contribution >= 0.6 is 34.7 Å². The molecule has 1 aromatic rings. The zero-order valence-corrected chi connectivity index (χ0v) is 15.0. The highest BCUT2D eigenvalue weighted by Crippen LogP contribution is 2.64. The number of amides is 1. The maximum absolute atomic E-state index is 12.9. The Morgan fingerprint density at radius 3 is 2.73 bits per heavy atom. The molecular formula is C15H20ClN3OS2. The lowest BCUT2D eigenvalue weighted by Crippen LogP contribution is -2.57. The van der Waals surface area contributed by atoms with Crippen molar-refractivity contribution < 1.29 is 4.79 Å². The number of rotatable bonds is 4. The van der Waals surface area contributed by atoms with Crippen LogP contribution in [-0.2, 0) is 4.79 Å². The maximum Gasteiger partial charge on any atom is 0.232 e. The zero-order valence-electron chi connectivity index (χ0n) is 12.6. The summed E-state index contributed by atoms with van der Waals surface area (Å²) in [6, 6.07) is 0. The molecule has 1 aromatic heterocycles. The Bertz CT molecular complexity index is 591. The molecule has 4 nitrogen and oxygen atoms in total. The quantitative estimate of drug-likeness (QED) is 0.499. The first kappa shape index (κ1) is 15.2. The Labute approximate surface area is 143 Å². The van der Waals surface area contributed by atoms with Crippen molar-refractivity contribution in [3.63, 3.8) is 0 Å².